The number of hydrogen-bond donors (Lipinski definition) is 0. The minimum atomic E-state index is 0. The van der Waals surface area contributed by atoms with Crippen LogP contribution in [0.15, 0.2) is 331 Å². The number of para-hydroxylation sites is 1. The van der Waals surface area contributed by atoms with E-state index < -0.39 is 0 Å². The van der Waals surface area contributed by atoms with Crippen LogP contribution in [0.25, 0.3) is 43.1 Å². The van der Waals surface area contributed by atoms with Crippen LogP contribution in [-0.2, 0) is 327 Å². The molecule has 7 aromatic carbocycles. The van der Waals surface area contributed by atoms with Gasteiger partial charge in [-0.05, 0) is 44.5 Å². The predicted octanol–water partition coefficient (Wildman–Crippen LogP) is 28.8. The second-order valence-electron chi connectivity index (χ2n) is 19.1. The fraction of sp³-hybridized carbons (Fsp3) is 0.222. The van der Waals surface area contributed by atoms with E-state index in [-0.39, 0.29) is 333 Å². The fourth-order valence-corrected chi connectivity index (χ4v) is 7.42. The summed E-state index contributed by atoms with van der Waals surface area (Å²) in [6, 6.07) is 82.3. The van der Waals surface area contributed by atoms with E-state index in [0.717, 1.165) is 10.8 Å². The van der Waals surface area contributed by atoms with Crippen molar-refractivity contribution < 1.29 is 327 Å². The van der Waals surface area contributed by atoms with Gasteiger partial charge in [0.1, 0.15) is 0 Å². The van der Waals surface area contributed by atoms with Gasteiger partial charge in [-0.3, -0.25) is 34.0 Å². The Bertz CT molecular complexity index is 4450. The number of hydrogen-bond acceptors (Lipinski definition) is 24. The number of benzene rings is 7. The van der Waals surface area contributed by atoms with Crippen molar-refractivity contribution in [2.45, 2.75) is 166 Å². The maximum absolute atomic E-state index is 5.17. The normalized spacial score (nSPS) is 7.44. The Labute approximate surface area is 1110 Å². The Morgan fingerprint density at radius 3 is 0.915 bits per heavy atom. The van der Waals surface area contributed by atoms with Crippen molar-refractivity contribution in [1.82, 2.24) is 70.5 Å². The molecule has 9 heterocycles. The van der Waals surface area contributed by atoms with Gasteiger partial charge in [0, 0.05) is 327 Å². The van der Waals surface area contributed by atoms with Crippen LogP contribution in [0.1, 0.15) is 166 Å². The standard InChI is InChI=1S/C14H10.C10H6N2.C10H8.C7H5N.4C6H4N2.3C5H3N3.C4H2N4.12C2H6.10Y/c1-2-6-12-10-14-8-4-3-7-13(14)9-11(12)5-1;1-11-10-7-12-6-8-4-2-3-5-9(8)10;1-2-6-10-8-4-3-7-9(10)5-1;1-8-7-5-3-2-4-6-7;1-7-6-2-4-8-5-3-6;2*1-7-6-3-2-4-8-5-6;1-7-6-4-2-3-5-8-6;1-6-5-4-7-2-3-8-5;1-6-5-2-3-7-4-8-5;1-6-5-2-3-7-8-4-5;1-5-4-2-3-6-8-7-4;12*1-2;;;;;;;;;;/h1-10H;1-6H;1-8H;1-5H;2*1-2,4-5H;1-4H;1-3,5H;1-3H;2*1,3-4H;1,3H;12*1-2H3;;;;;;;;;;/q;-2;;9*-2;;;;;;;;;;;;;;;;;;;;;;. The van der Waals surface area contributed by atoms with Crippen LogP contribution >= 0.6 is 0 Å². The molecule has 0 aliphatic rings. The summed E-state index contributed by atoms with van der Waals surface area (Å²) in [6.07, 6.45) is 29.0. The zero-order valence-electron chi connectivity index (χ0n) is 86.8. The van der Waals surface area contributed by atoms with Crippen LogP contribution in [0.2, 0.25) is 0 Å². The van der Waals surface area contributed by atoms with Crippen molar-refractivity contribution in [2.24, 2.45) is 49.9 Å². The summed E-state index contributed by atoms with van der Waals surface area (Å²) in [4.78, 5) is 66.7. The van der Waals surface area contributed by atoms with E-state index in [1.807, 2.05) is 203 Å². The average molecular weight is 2650 g/mol. The van der Waals surface area contributed by atoms with Crippen molar-refractivity contribution in [3.05, 3.63) is 342 Å². The Morgan fingerprint density at radius 2 is 0.620 bits per heavy atom. The largest absolute Gasteiger partial charge is 0.514 e. The third-order valence-electron chi connectivity index (χ3n) is 12.2. The number of fused-ring (bicyclic) bond motifs is 4. The summed E-state index contributed by atoms with van der Waals surface area (Å²) in [7, 11) is 0. The fourth-order valence-electron chi connectivity index (χ4n) is 7.42. The Morgan fingerprint density at radius 1 is 0.225 bits per heavy atom. The maximum Gasteiger partial charge on any atom is 0.0915 e. The summed E-state index contributed by atoms with van der Waals surface area (Å²) in [5, 5.41) is 26.8. The first kappa shape index (κ1) is 179. The van der Waals surface area contributed by atoms with Crippen LogP contribution in [0.3, 0.4) is 0 Å². The van der Waals surface area contributed by atoms with Crippen molar-refractivity contribution in [3.63, 3.8) is 0 Å². The maximum atomic E-state index is 5.17. The number of aromatic nitrogens is 14. The molecule has 0 spiro atoms. The van der Waals surface area contributed by atoms with E-state index in [0.29, 0.717) is 51.6 Å². The molecular formula is C108H128N24Y10-20. The zero-order valence-corrected chi connectivity index (χ0v) is 115. The number of rotatable bonds is 10. The molecule has 730 valence electrons. The van der Waals surface area contributed by atoms with Gasteiger partial charge in [-0.15, -0.1) is 35.9 Å². The van der Waals surface area contributed by atoms with Crippen LogP contribution in [0.5, 0.6) is 0 Å². The zero-order chi connectivity index (χ0) is 101. The van der Waals surface area contributed by atoms with E-state index in [9.17, 15) is 0 Å². The molecule has 142 heavy (non-hydrogen) atoms. The molecule has 0 saturated carbocycles. The van der Waals surface area contributed by atoms with Gasteiger partial charge in [-0.25, -0.2) is 46.0 Å². The third kappa shape index (κ3) is 99.9. The molecule has 24 nitrogen and oxygen atoms in total. The summed E-state index contributed by atoms with van der Waals surface area (Å²) >= 11 is 0. The predicted molar refractivity (Wildman–Crippen MR) is 563 cm³/mol. The first-order valence-corrected chi connectivity index (χ1v) is 42.7. The first-order valence-electron chi connectivity index (χ1n) is 42.7. The third-order valence-corrected chi connectivity index (χ3v) is 12.2. The van der Waals surface area contributed by atoms with E-state index >= 15 is 0 Å². The molecule has 10 radical (unpaired) electrons. The van der Waals surface area contributed by atoms with Gasteiger partial charge in [-0.1, -0.05) is 342 Å². The second-order valence-corrected chi connectivity index (χ2v) is 19.1. The molecule has 16 rings (SSSR count). The molecule has 0 atom stereocenters. The molecule has 0 amide bonds. The molecule has 0 bridgehead atoms. The summed E-state index contributed by atoms with van der Waals surface area (Å²) in [5.41, 5.74) is 3.58. The first-order chi connectivity index (χ1) is 65.2. The van der Waals surface area contributed by atoms with Crippen LogP contribution in [0, 0.1) is 61.1 Å². The van der Waals surface area contributed by atoms with Crippen LogP contribution in [0.4, 0.5) is 57.4 Å². The van der Waals surface area contributed by atoms with Gasteiger partial charge in [0.2, 0.25) is 0 Å². The van der Waals surface area contributed by atoms with E-state index in [4.69, 9.17) is 67.2 Å². The number of aliphatic imine (C=N–C) groups is 10. The molecule has 0 aliphatic heterocycles. The molecule has 0 unspecified atom stereocenters. The number of nitrogens with zero attached hydrogens (tertiary/aromatic N) is 24. The molecule has 0 fully saturated rings. The van der Waals surface area contributed by atoms with E-state index in [1.165, 1.54) is 82.0 Å². The van der Waals surface area contributed by atoms with Gasteiger partial charge in [0.05, 0.1) is 6.33 Å². The molecular weight excluding hydrogens is 2520 g/mol. The van der Waals surface area contributed by atoms with Crippen molar-refractivity contribution in [2.75, 3.05) is 0 Å². The van der Waals surface area contributed by atoms with Gasteiger partial charge >= 0.3 is 0 Å². The quantitative estimate of drug-likeness (QED) is 0.0698. The van der Waals surface area contributed by atoms with Crippen molar-refractivity contribution in [1.29, 1.82) is 0 Å². The van der Waals surface area contributed by atoms with Crippen molar-refractivity contribution >= 4 is 168 Å². The molecule has 0 aliphatic carbocycles. The Balaban J connectivity index is -0.0000000722. The van der Waals surface area contributed by atoms with E-state index in [2.05, 4.69) is 291 Å². The van der Waals surface area contributed by atoms with E-state index in [1.54, 1.807) is 85.7 Å². The second kappa shape index (κ2) is 149. The molecule has 34 heteroatoms. The minimum absolute atomic E-state index is 0. The molecule has 16 aromatic rings. The SMILES string of the molecule is CC.CC.CC.CC.CC.CC.CC.CC.CC.CC.CC.CC.[CH-]=Nc1[c-]cccc1.[CH-]=Nc1[c-]cccn1.[CH-]=Nc1[c-]ccnc1.[CH-]=Nc1[c-]cncc1.[CH-]=Nc1[c-]cncn1.[CH-]=Nc1[c-]cnnc1.[CH-]=Nc1[c-]cnnn1.[CH-]=Nc1[c-]ncc2ccccc12.[CH-]=Nc1[c-]nccc1.[CH-]=Nc1[c-]nccn1.[Y].[Y].[Y].[Y].[Y].[Y].[Y].[Y].[Y].[Y].c1ccc2cc3ccccc3cc2c1.c1ccc2ccccc2c1. The molecule has 0 N–H and O–H groups in total. The van der Waals surface area contributed by atoms with Gasteiger partial charge < -0.3 is 120 Å². The average Bonchev–Trinajstić information content (AvgIpc) is 0.805. The molecule has 0 saturated heterocycles. The van der Waals surface area contributed by atoms with Crippen molar-refractivity contribution in [3.8, 4) is 0 Å². The van der Waals surface area contributed by atoms with Gasteiger partial charge in [0.15, 0.2) is 0 Å². The summed E-state index contributed by atoms with van der Waals surface area (Å²) in [6.45, 7) is 97.1. The molecule has 9 aromatic heterocycles. The Hall–Kier alpha value is -4.68. The number of pyridine rings is 5. The smallest absolute Gasteiger partial charge is 0.0915 e. The van der Waals surface area contributed by atoms with Crippen LogP contribution < -0.4 is 0 Å². The van der Waals surface area contributed by atoms with Crippen LogP contribution in [-0.4, -0.2) is 138 Å². The minimum Gasteiger partial charge on any atom is -0.514 e. The topological polar surface area (TPSA) is 304 Å². The monoisotopic (exact) mass is 2650 g/mol. The summed E-state index contributed by atoms with van der Waals surface area (Å²) < 4.78 is 0. The van der Waals surface area contributed by atoms with Gasteiger partial charge in [-0.2, -0.15) is 168 Å². The summed E-state index contributed by atoms with van der Waals surface area (Å²) in [5.74, 6) is 1.40. The Kier molecular flexibility index (Phi) is 188. The van der Waals surface area contributed by atoms with Gasteiger partial charge in [0.25, 0.3) is 0 Å².